The van der Waals surface area contributed by atoms with Gasteiger partial charge in [-0.2, -0.15) is 20.0 Å². The second kappa shape index (κ2) is 7.42. The average molecular weight is 418 g/mol. The molecule has 1 atom stereocenters. The third-order valence-electron chi connectivity index (χ3n) is 5.53. The Kier molecular flexibility index (Phi) is 4.58. The van der Waals surface area contributed by atoms with Crippen molar-refractivity contribution in [3.8, 4) is 17.1 Å². The molecule has 156 valence electrons. The van der Waals surface area contributed by atoms with Gasteiger partial charge in [0.25, 0.3) is 5.91 Å². The highest BCUT2D eigenvalue weighted by Gasteiger charge is 2.39. The lowest BCUT2D eigenvalue weighted by atomic mass is 9.99. The number of carbonyl (C=O) groups is 1. The zero-order chi connectivity index (χ0) is 21.5. The number of carbonyl (C=O) groups excluding carboxylic acids is 1. The van der Waals surface area contributed by atoms with E-state index in [2.05, 4.69) is 20.3 Å². The molecular weight excluding hydrogens is 399 g/mol. The van der Waals surface area contributed by atoms with Crippen molar-refractivity contribution in [1.29, 1.82) is 0 Å². The van der Waals surface area contributed by atoms with Crippen molar-refractivity contribution in [3.63, 3.8) is 0 Å². The van der Waals surface area contributed by atoms with Crippen molar-refractivity contribution < 1.29 is 13.7 Å². The van der Waals surface area contributed by atoms with Gasteiger partial charge in [-0.3, -0.25) is 4.79 Å². The van der Waals surface area contributed by atoms with E-state index in [-0.39, 0.29) is 17.8 Å². The predicted octanol–water partition coefficient (Wildman–Crippen LogP) is 3.66. The maximum Gasteiger partial charge on any atom is 0.256 e. The van der Waals surface area contributed by atoms with E-state index in [1.165, 1.54) is 10.9 Å². The summed E-state index contributed by atoms with van der Waals surface area (Å²) in [6, 6.07) is 9.97. The van der Waals surface area contributed by atoms with Crippen LogP contribution in [-0.4, -0.2) is 42.5 Å². The summed E-state index contributed by atoms with van der Waals surface area (Å²) in [7, 11) is 0. The molecule has 31 heavy (non-hydrogen) atoms. The van der Waals surface area contributed by atoms with Gasteiger partial charge in [0, 0.05) is 12.1 Å². The Hall–Kier alpha value is -3.88. The fraction of sp³-hybridized carbons (Fsp3) is 0.227. The van der Waals surface area contributed by atoms with E-state index in [4.69, 9.17) is 4.52 Å². The van der Waals surface area contributed by atoms with Gasteiger partial charge in [0.15, 0.2) is 0 Å². The van der Waals surface area contributed by atoms with Crippen LogP contribution in [0, 0.1) is 19.7 Å². The van der Waals surface area contributed by atoms with E-state index in [0.717, 1.165) is 5.56 Å². The van der Waals surface area contributed by atoms with Crippen LogP contribution in [0.2, 0.25) is 0 Å². The molecule has 1 amide bonds. The molecule has 4 aromatic rings. The second-order valence-electron chi connectivity index (χ2n) is 7.51. The highest BCUT2D eigenvalue weighted by atomic mass is 19.1. The number of likely N-dealkylation sites (tertiary alicyclic amines) is 1. The van der Waals surface area contributed by atoms with Crippen LogP contribution in [0.4, 0.5) is 4.39 Å². The van der Waals surface area contributed by atoms with E-state index < -0.39 is 0 Å². The highest BCUT2D eigenvalue weighted by molar-refractivity contribution is 5.98. The van der Waals surface area contributed by atoms with Crippen LogP contribution in [0.3, 0.4) is 0 Å². The molecule has 0 radical (unpaired) electrons. The molecule has 9 heteroatoms. The van der Waals surface area contributed by atoms with Gasteiger partial charge >= 0.3 is 0 Å². The molecule has 0 saturated carbocycles. The fourth-order valence-corrected chi connectivity index (χ4v) is 3.71. The summed E-state index contributed by atoms with van der Waals surface area (Å²) in [5.74, 6) is 0.158. The number of aryl methyl sites for hydroxylation is 1. The average Bonchev–Trinajstić information content (AvgIpc) is 3.42. The van der Waals surface area contributed by atoms with Crippen LogP contribution in [-0.2, 0) is 0 Å². The van der Waals surface area contributed by atoms with Crippen LogP contribution < -0.4 is 0 Å². The van der Waals surface area contributed by atoms with Crippen LogP contribution in [0.1, 0.15) is 39.8 Å². The molecule has 0 bridgehead atoms. The Balaban J connectivity index is 1.44. The standard InChI is InChI=1S/C22H19FN6O2/c1-13-6-7-18(29-24-9-10-25-29)16(12-13)22(30)28-11-8-19(28)21-26-20(27-31-21)15-4-3-5-17(23)14(15)2/h3-7,9-10,12,19H,8,11H2,1-2H3/t19-/m0/s1. The van der Waals surface area contributed by atoms with Crippen LogP contribution >= 0.6 is 0 Å². The zero-order valence-electron chi connectivity index (χ0n) is 17.0. The smallest absolute Gasteiger partial charge is 0.256 e. The maximum atomic E-state index is 13.9. The minimum absolute atomic E-state index is 0.158. The molecule has 2 aromatic carbocycles. The molecule has 3 heterocycles. The van der Waals surface area contributed by atoms with Gasteiger partial charge < -0.3 is 9.42 Å². The number of halogens is 1. The largest absolute Gasteiger partial charge is 0.337 e. The molecular formula is C22H19FN6O2. The summed E-state index contributed by atoms with van der Waals surface area (Å²) in [4.78, 5) is 20.9. The minimum atomic E-state index is -0.332. The quantitative estimate of drug-likeness (QED) is 0.502. The van der Waals surface area contributed by atoms with E-state index in [0.29, 0.717) is 47.1 Å². The molecule has 0 unspecified atom stereocenters. The van der Waals surface area contributed by atoms with Gasteiger partial charge in [-0.25, -0.2) is 4.39 Å². The van der Waals surface area contributed by atoms with Gasteiger partial charge in [-0.1, -0.05) is 28.9 Å². The molecule has 1 saturated heterocycles. The minimum Gasteiger partial charge on any atom is -0.337 e. The van der Waals surface area contributed by atoms with Crippen LogP contribution in [0.5, 0.6) is 0 Å². The van der Waals surface area contributed by atoms with Crippen molar-refractivity contribution >= 4 is 5.91 Å². The Bertz CT molecular complexity index is 1270. The van der Waals surface area contributed by atoms with Crippen molar-refractivity contribution in [2.24, 2.45) is 0 Å². The van der Waals surface area contributed by atoms with E-state index in [1.54, 1.807) is 36.4 Å². The molecule has 5 rings (SSSR count). The Morgan fingerprint density at radius 2 is 1.97 bits per heavy atom. The lowest BCUT2D eigenvalue weighted by Gasteiger charge is -2.38. The normalized spacial score (nSPS) is 15.7. The number of benzene rings is 2. The summed E-state index contributed by atoms with van der Waals surface area (Å²) in [5.41, 5.74) is 3.08. The van der Waals surface area contributed by atoms with E-state index >= 15 is 0 Å². The molecule has 2 aromatic heterocycles. The van der Waals surface area contributed by atoms with Crippen molar-refractivity contribution in [1.82, 2.24) is 30.0 Å². The number of aromatic nitrogens is 5. The summed E-state index contributed by atoms with van der Waals surface area (Å²) >= 11 is 0. The van der Waals surface area contributed by atoms with Gasteiger partial charge in [-0.05, 0) is 44.0 Å². The zero-order valence-corrected chi connectivity index (χ0v) is 17.0. The highest BCUT2D eigenvalue weighted by Crippen LogP contribution is 2.35. The Morgan fingerprint density at radius 3 is 2.71 bits per heavy atom. The Labute approximate surface area is 177 Å². The second-order valence-corrected chi connectivity index (χ2v) is 7.51. The summed E-state index contributed by atoms with van der Waals surface area (Å²) in [6.45, 7) is 4.17. The molecule has 0 spiro atoms. The first kappa shape index (κ1) is 19.1. The topological polar surface area (TPSA) is 89.9 Å². The van der Waals surface area contributed by atoms with Crippen molar-refractivity contribution in [2.45, 2.75) is 26.3 Å². The first-order valence-electron chi connectivity index (χ1n) is 9.90. The Morgan fingerprint density at radius 1 is 1.16 bits per heavy atom. The van der Waals surface area contributed by atoms with Gasteiger partial charge in [0.1, 0.15) is 11.9 Å². The number of nitrogens with zero attached hydrogens (tertiary/aromatic N) is 6. The van der Waals surface area contributed by atoms with Crippen molar-refractivity contribution in [2.75, 3.05) is 6.54 Å². The lowest BCUT2D eigenvalue weighted by Crippen LogP contribution is -2.45. The maximum absolute atomic E-state index is 13.9. The first-order valence-corrected chi connectivity index (χ1v) is 9.90. The molecule has 1 fully saturated rings. The lowest BCUT2D eigenvalue weighted by molar-refractivity contribution is 0.0378. The number of hydrogen-bond acceptors (Lipinski definition) is 6. The summed E-state index contributed by atoms with van der Waals surface area (Å²) in [5, 5.41) is 12.3. The van der Waals surface area contributed by atoms with Crippen LogP contribution in [0.15, 0.2) is 53.3 Å². The molecule has 1 aliphatic heterocycles. The van der Waals surface area contributed by atoms with Gasteiger partial charge in [0.05, 0.1) is 23.6 Å². The third-order valence-corrected chi connectivity index (χ3v) is 5.53. The number of amides is 1. The van der Waals surface area contributed by atoms with Crippen LogP contribution in [0.25, 0.3) is 17.1 Å². The third kappa shape index (κ3) is 3.27. The van der Waals surface area contributed by atoms with Crippen molar-refractivity contribution in [3.05, 3.63) is 77.2 Å². The van der Waals surface area contributed by atoms with E-state index in [9.17, 15) is 9.18 Å². The number of hydrogen-bond donors (Lipinski definition) is 0. The molecule has 0 N–H and O–H groups in total. The first-order chi connectivity index (χ1) is 15.0. The molecule has 8 nitrogen and oxygen atoms in total. The SMILES string of the molecule is Cc1ccc(-n2nccn2)c(C(=O)N2CC[C@H]2c2nc(-c3cccc(F)c3C)no2)c1. The summed E-state index contributed by atoms with van der Waals surface area (Å²) in [6.07, 6.45) is 3.83. The van der Waals surface area contributed by atoms with E-state index in [1.807, 2.05) is 25.1 Å². The molecule has 1 aliphatic rings. The monoisotopic (exact) mass is 418 g/mol. The van der Waals surface area contributed by atoms with Gasteiger partial charge in [-0.15, -0.1) is 0 Å². The fourth-order valence-electron chi connectivity index (χ4n) is 3.71. The van der Waals surface area contributed by atoms with Gasteiger partial charge in [0.2, 0.25) is 11.7 Å². The molecule has 0 aliphatic carbocycles. The number of rotatable bonds is 4. The summed E-state index contributed by atoms with van der Waals surface area (Å²) < 4.78 is 19.4. The predicted molar refractivity (Wildman–Crippen MR) is 109 cm³/mol.